The summed E-state index contributed by atoms with van der Waals surface area (Å²) in [6.07, 6.45) is 4.81. The Hall–Kier alpha value is -0.910. The van der Waals surface area contributed by atoms with E-state index in [0.29, 0.717) is 18.0 Å². The number of unbranched alkanes of at least 4 members (excludes halogenated alkanes) is 1. The molecule has 1 aromatic carbocycles. The standard InChI is InChI=1S/C13H20N2O2S/c14-8-1-2-9-15-18(16,17)13-7-6-11-4-3-5-12(11)10-13/h6-7,10,15H,1-5,8-9,14H2. The van der Waals surface area contributed by atoms with Crippen molar-refractivity contribution in [1.29, 1.82) is 0 Å². The molecule has 3 N–H and O–H groups in total. The second kappa shape index (κ2) is 5.82. The van der Waals surface area contributed by atoms with Crippen molar-refractivity contribution < 1.29 is 8.42 Å². The molecule has 0 unspecified atom stereocenters. The van der Waals surface area contributed by atoms with E-state index in [1.54, 1.807) is 6.07 Å². The summed E-state index contributed by atoms with van der Waals surface area (Å²) < 4.78 is 26.7. The van der Waals surface area contributed by atoms with E-state index in [4.69, 9.17) is 5.73 Å². The van der Waals surface area contributed by atoms with Crippen molar-refractivity contribution in [3.63, 3.8) is 0 Å². The van der Waals surface area contributed by atoms with Crippen molar-refractivity contribution in [2.24, 2.45) is 5.73 Å². The predicted molar refractivity (Wildman–Crippen MR) is 71.9 cm³/mol. The van der Waals surface area contributed by atoms with Gasteiger partial charge in [0.25, 0.3) is 0 Å². The van der Waals surface area contributed by atoms with Gasteiger partial charge < -0.3 is 5.73 Å². The Morgan fingerprint density at radius 3 is 2.72 bits per heavy atom. The van der Waals surface area contributed by atoms with Gasteiger partial charge in [-0.05, 0) is 61.9 Å². The van der Waals surface area contributed by atoms with Crippen LogP contribution in [-0.4, -0.2) is 21.5 Å². The molecule has 0 saturated heterocycles. The number of nitrogens with two attached hydrogens (primary N) is 1. The molecule has 0 aromatic heterocycles. The van der Waals surface area contributed by atoms with Crippen LogP contribution in [-0.2, 0) is 22.9 Å². The summed E-state index contributed by atoms with van der Waals surface area (Å²) in [4.78, 5) is 0.385. The number of benzene rings is 1. The second-order valence-electron chi connectivity index (χ2n) is 4.68. The lowest BCUT2D eigenvalue weighted by Gasteiger charge is -2.08. The third kappa shape index (κ3) is 3.10. The van der Waals surface area contributed by atoms with Crippen molar-refractivity contribution in [3.8, 4) is 0 Å². The quantitative estimate of drug-likeness (QED) is 0.761. The highest BCUT2D eigenvalue weighted by Gasteiger charge is 2.17. The number of aryl methyl sites for hydroxylation is 2. The first-order valence-corrected chi connectivity index (χ1v) is 7.93. The van der Waals surface area contributed by atoms with Gasteiger partial charge in [0, 0.05) is 6.54 Å². The van der Waals surface area contributed by atoms with Crippen LogP contribution in [0.25, 0.3) is 0 Å². The van der Waals surface area contributed by atoms with E-state index < -0.39 is 10.0 Å². The average molecular weight is 268 g/mol. The Balaban J connectivity index is 2.05. The van der Waals surface area contributed by atoms with Crippen LogP contribution < -0.4 is 10.5 Å². The number of fused-ring (bicyclic) bond motifs is 1. The minimum Gasteiger partial charge on any atom is -0.330 e. The molecule has 1 aromatic rings. The van der Waals surface area contributed by atoms with Crippen molar-refractivity contribution in [1.82, 2.24) is 4.72 Å². The molecule has 0 amide bonds. The largest absolute Gasteiger partial charge is 0.330 e. The topological polar surface area (TPSA) is 72.2 Å². The summed E-state index contributed by atoms with van der Waals surface area (Å²) in [5, 5.41) is 0. The Labute approximate surface area is 109 Å². The van der Waals surface area contributed by atoms with Crippen LogP contribution in [0.2, 0.25) is 0 Å². The number of sulfonamides is 1. The third-order valence-electron chi connectivity index (χ3n) is 3.30. The lowest BCUT2D eigenvalue weighted by Crippen LogP contribution is -2.25. The molecule has 2 rings (SSSR count). The summed E-state index contributed by atoms with van der Waals surface area (Å²) in [6, 6.07) is 5.46. The minimum absolute atomic E-state index is 0.385. The average Bonchev–Trinajstić information content (AvgIpc) is 2.82. The molecule has 0 bridgehead atoms. The molecule has 0 spiro atoms. The zero-order valence-corrected chi connectivity index (χ0v) is 11.3. The molecule has 1 aliphatic rings. The van der Waals surface area contributed by atoms with Gasteiger partial charge in [0.15, 0.2) is 0 Å². The van der Waals surface area contributed by atoms with Gasteiger partial charge in [-0.25, -0.2) is 13.1 Å². The predicted octanol–water partition coefficient (Wildman–Crippen LogP) is 1.19. The molecule has 5 heteroatoms. The molecule has 0 saturated carbocycles. The van der Waals surface area contributed by atoms with Gasteiger partial charge in [0.05, 0.1) is 4.90 Å². The first-order chi connectivity index (χ1) is 8.63. The molecule has 4 nitrogen and oxygen atoms in total. The molecule has 0 atom stereocenters. The zero-order valence-electron chi connectivity index (χ0n) is 10.5. The zero-order chi connectivity index (χ0) is 13.0. The maximum Gasteiger partial charge on any atom is 0.240 e. The molecule has 18 heavy (non-hydrogen) atoms. The fourth-order valence-electron chi connectivity index (χ4n) is 2.27. The smallest absolute Gasteiger partial charge is 0.240 e. The highest BCUT2D eigenvalue weighted by atomic mass is 32.2. The first kappa shape index (κ1) is 13.5. The van der Waals surface area contributed by atoms with E-state index in [1.165, 1.54) is 11.1 Å². The van der Waals surface area contributed by atoms with Crippen LogP contribution in [0.1, 0.15) is 30.4 Å². The Bertz CT molecular complexity index is 512. The summed E-state index contributed by atoms with van der Waals surface area (Å²) >= 11 is 0. The third-order valence-corrected chi connectivity index (χ3v) is 4.76. The summed E-state index contributed by atoms with van der Waals surface area (Å²) in [5.74, 6) is 0. The van der Waals surface area contributed by atoms with Gasteiger partial charge in [0.2, 0.25) is 10.0 Å². The van der Waals surface area contributed by atoms with Gasteiger partial charge in [-0.3, -0.25) is 0 Å². The number of hydrogen-bond acceptors (Lipinski definition) is 3. The Kier molecular flexibility index (Phi) is 4.37. The van der Waals surface area contributed by atoms with Crippen molar-refractivity contribution in [2.75, 3.05) is 13.1 Å². The van der Waals surface area contributed by atoms with E-state index in [2.05, 4.69) is 4.72 Å². The van der Waals surface area contributed by atoms with Gasteiger partial charge in [-0.1, -0.05) is 6.07 Å². The lowest BCUT2D eigenvalue weighted by molar-refractivity contribution is 0.577. The summed E-state index contributed by atoms with van der Waals surface area (Å²) in [7, 11) is -3.35. The van der Waals surface area contributed by atoms with E-state index in [9.17, 15) is 8.42 Å². The van der Waals surface area contributed by atoms with Gasteiger partial charge in [-0.15, -0.1) is 0 Å². The highest BCUT2D eigenvalue weighted by Crippen LogP contribution is 2.24. The van der Waals surface area contributed by atoms with Crippen LogP contribution in [0, 0.1) is 0 Å². The van der Waals surface area contributed by atoms with E-state index in [-0.39, 0.29) is 0 Å². The SMILES string of the molecule is NCCCCNS(=O)(=O)c1ccc2c(c1)CCC2. The number of nitrogens with one attached hydrogen (secondary N) is 1. The summed E-state index contributed by atoms with van der Waals surface area (Å²) in [6.45, 7) is 1.05. The maximum atomic E-state index is 12.1. The van der Waals surface area contributed by atoms with Crippen LogP contribution in [0.5, 0.6) is 0 Å². The van der Waals surface area contributed by atoms with Crippen molar-refractivity contribution in [3.05, 3.63) is 29.3 Å². The molecular weight excluding hydrogens is 248 g/mol. The van der Waals surface area contributed by atoms with Crippen molar-refractivity contribution >= 4 is 10.0 Å². The Morgan fingerprint density at radius 1 is 1.17 bits per heavy atom. The van der Waals surface area contributed by atoms with Gasteiger partial charge >= 0.3 is 0 Å². The van der Waals surface area contributed by atoms with E-state index in [1.807, 2.05) is 12.1 Å². The molecule has 0 fully saturated rings. The number of rotatable bonds is 6. The lowest BCUT2D eigenvalue weighted by atomic mass is 10.1. The molecular formula is C13H20N2O2S. The van der Waals surface area contributed by atoms with E-state index in [0.717, 1.165) is 32.1 Å². The molecule has 0 heterocycles. The Morgan fingerprint density at radius 2 is 1.94 bits per heavy atom. The van der Waals surface area contributed by atoms with Gasteiger partial charge in [-0.2, -0.15) is 0 Å². The molecule has 100 valence electrons. The van der Waals surface area contributed by atoms with Crippen LogP contribution in [0.3, 0.4) is 0 Å². The maximum absolute atomic E-state index is 12.1. The van der Waals surface area contributed by atoms with Crippen LogP contribution >= 0.6 is 0 Å². The first-order valence-electron chi connectivity index (χ1n) is 6.45. The normalized spacial score (nSPS) is 14.7. The molecule has 0 radical (unpaired) electrons. The number of hydrogen-bond donors (Lipinski definition) is 2. The fourth-order valence-corrected chi connectivity index (χ4v) is 3.40. The fraction of sp³-hybridized carbons (Fsp3) is 0.538. The van der Waals surface area contributed by atoms with E-state index >= 15 is 0 Å². The monoisotopic (exact) mass is 268 g/mol. The van der Waals surface area contributed by atoms with Crippen molar-refractivity contribution in [2.45, 2.75) is 37.0 Å². The molecule has 1 aliphatic carbocycles. The summed E-state index contributed by atoms with van der Waals surface area (Å²) in [5.41, 5.74) is 7.84. The minimum atomic E-state index is -3.35. The van der Waals surface area contributed by atoms with Gasteiger partial charge in [0.1, 0.15) is 0 Å². The second-order valence-corrected chi connectivity index (χ2v) is 6.44. The molecule has 0 aliphatic heterocycles. The van der Waals surface area contributed by atoms with Crippen LogP contribution in [0.15, 0.2) is 23.1 Å². The highest BCUT2D eigenvalue weighted by molar-refractivity contribution is 7.89. The van der Waals surface area contributed by atoms with Crippen LogP contribution in [0.4, 0.5) is 0 Å².